The number of benzene rings is 3. The second kappa shape index (κ2) is 7.12. The molecule has 0 fully saturated rings. The molecule has 0 saturated carbocycles. The SMILES string of the molecule is Cc1ccc2c(c1)c(-c1ccccc1)c(-c1ccccc1)n2CCC(N)=O. The van der Waals surface area contributed by atoms with E-state index in [9.17, 15) is 4.79 Å². The predicted octanol–water partition coefficient (Wildman–Crippen LogP) is 5.16. The molecule has 0 atom stereocenters. The highest BCUT2D eigenvalue weighted by molar-refractivity contribution is 6.04. The number of carbonyl (C=O) groups excluding carboxylic acids is 1. The van der Waals surface area contributed by atoms with Crippen LogP contribution >= 0.6 is 0 Å². The van der Waals surface area contributed by atoms with E-state index in [-0.39, 0.29) is 5.91 Å². The van der Waals surface area contributed by atoms with Crippen LogP contribution in [0.5, 0.6) is 0 Å². The molecule has 4 aromatic rings. The Labute approximate surface area is 159 Å². The van der Waals surface area contributed by atoms with Crippen molar-refractivity contribution in [1.29, 1.82) is 0 Å². The Morgan fingerprint density at radius 1 is 0.889 bits per heavy atom. The van der Waals surface area contributed by atoms with Gasteiger partial charge in [-0.1, -0.05) is 72.3 Å². The minimum absolute atomic E-state index is 0.288. The minimum Gasteiger partial charge on any atom is -0.370 e. The Morgan fingerprint density at radius 3 is 2.15 bits per heavy atom. The summed E-state index contributed by atoms with van der Waals surface area (Å²) in [6.07, 6.45) is 0.311. The zero-order chi connectivity index (χ0) is 18.8. The highest BCUT2D eigenvalue weighted by Crippen LogP contribution is 2.41. The maximum atomic E-state index is 11.5. The lowest BCUT2D eigenvalue weighted by Crippen LogP contribution is -2.14. The Kier molecular flexibility index (Phi) is 4.51. The predicted molar refractivity (Wildman–Crippen MR) is 111 cm³/mol. The van der Waals surface area contributed by atoms with Crippen LogP contribution in [0.1, 0.15) is 12.0 Å². The van der Waals surface area contributed by atoms with E-state index in [1.54, 1.807) is 0 Å². The topological polar surface area (TPSA) is 48.0 Å². The third-order valence-corrected chi connectivity index (χ3v) is 4.91. The average molecular weight is 354 g/mol. The van der Waals surface area contributed by atoms with E-state index in [0.29, 0.717) is 13.0 Å². The van der Waals surface area contributed by atoms with Gasteiger partial charge in [-0.05, 0) is 30.2 Å². The van der Waals surface area contributed by atoms with Gasteiger partial charge in [0.05, 0.1) is 5.69 Å². The first-order chi connectivity index (χ1) is 13.1. The molecule has 3 nitrogen and oxygen atoms in total. The van der Waals surface area contributed by atoms with Crippen LogP contribution in [0.3, 0.4) is 0 Å². The first-order valence-corrected chi connectivity index (χ1v) is 9.17. The van der Waals surface area contributed by atoms with E-state index < -0.39 is 0 Å². The fourth-order valence-corrected chi connectivity index (χ4v) is 3.72. The molecule has 3 heteroatoms. The quantitative estimate of drug-likeness (QED) is 0.529. The Balaban J connectivity index is 2.09. The maximum absolute atomic E-state index is 11.5. The number of amides is 1. The largest absolute Gasteiger partial charge is 0.370 e. The second-order valence-electron chi connectivity index (χ2n) is 6.84. The van der Waals surface area contributed by atoms with Gasteiger partial charge in [-0.3, -0.25) is 4.79 Å². The van der Waals surface area contributed by atoms with Gasteiger partial charge in [0, 0.05) is 29.4 Å². The van der Waals surface area contributed by atoms with Gasteiger partial charge < -0.3 is 10.3 Å². The van der Waals surface area contributed by atoms with E-state index in [2.05, 4.69) is 66.1 Å². The number of hydrogen-bond acceptors (Lipinski definition) is 1. The molecular weight excluding hydrogens is 332 g/mol. The number of primary amides is 1. The van der Waals surface area contributed by atoms with Crippen molar-refractivity contribution in [2.24, 2.45) is 5.73 Å². The molecule has 1 amide bonds. The molecule has 27 heavy (non-hydrogen) atoms. The molecule has 0 aliphatic heterocycles. The Morgan fingerprint density at radius 2 is 1.52 bits per heavy atom. The number of aromatic nitrogens is 1. The van der Waals surface area contributed by atoms with E-state index >= 15 is 0 Å². The van der Waals surface area contributed by atoms with Crippen LogP contribution in [0.15, 0.2) is 78.9 Å². The molecule has 2 N–H and O–H groups in total. The monoisotopic (exact) mass is 354 g/mol. The lowest BCUT2D eigenvalue weighted by atomic mass is 9.98. The zero-order valence-corrected chi connectivity index (χ0v) is 15.4. The number of nitrogens with two attached hydrogens (primary N) is 1. The van der Waals surface area contributed by atoms with Gasteiger partial charge in [-0.15, -0.1) is 0 Å². The summed E-state index contributed by atoms with van der Waals surface area (Å²) in [5.41, 5.74) is 12.4. The molecule has 1 heterocycles. The fourth-order valence-electron chi connectivity index (χ4n) is 3.72. The zero-order valence-electron chi connectivity index (χ0n) is 15.4. The Bertz CT molecular complexity index is 1100. The van der Waals surface area contributed by atoms with Gasteiger partial charge in [-0.2, -0.15) is 0 Å². The lowest BCUT2D eigenvalue weighted by Gasteiger charge is -2.12. The highest BCUT2D eigenvalue weighted by Gasteiger charge is 2.20. The number of nitrogens with zero attached hydrogens (tertiary/aromatic N) is 1. The van der Waals surface area contributed by atoms with E-state index in [4.69, 9.17) is 5.73 Å². The molecule has 0 saturated heterocycles. The van der Waals surface area contributed by atoms with Gasteiger partial charge >= 0.3 is 0 Å². The smallest absolute Gasteiger partial charge is 0.219 e. The van der Waals surface area contributed by atoms with Crippen LogP contribution in [-0.4, -0.2) is 10.5 Å². The summed E-state index contributed by atoms with van der Waals surface area (Å²) in [4.78, 5) is 11.5. The molecule has 0 aliphatic rings. The van der Waals surface area contributed by atoms with Crippen LogP contribution in [0.25, 0.3) is 33.3 Å². The van der Waals surface area contributed by atoms with Crippen molar-refractivity contribution in [2.45, 2.75) is 19.9 Å². The summed E-state index contributed by atoms with van der Waals surface area (Å²) in [7, 11) is 0. The first kappa shape index (κ1) is 17.1. The molecule has 4 rings (SSSR count). The van der Waals surface area contributed by atoms with Crippen LogP contribution in [0.2, 0.25) is 0 Å². The molecule has 134 valence electrons. The number of hydrogen-bond donors (Lipinski definition) is 1. The van der Waals surface area contributed by atoms with E-state index in [0.717, 1.165) is 16.8 Å². The third kappa shape index (κ3) is 3.24. The van der Waals surface area contributed by atoms with E-state index in [1.165, 1.54) is 22.1 Å². The van der Waals surface area contributed by atoms with Crippen molar-refractivity contribution >= 4 is 16.8 Å². The maximum Gasteiger partial charge on any atom is 0.219 e. The standard InChI is InChI=1S/C24H22N2O/c1-17-12-13-21-20(16-17)23(18-8-4-2-5-9-18)24(19-10-6-3-7-11-19)26(21)15-14-22(25)27/h2-13,16H,14-15H2,1H3,(H2,25,27). The molecule has 0 unspecified atom stereocenters. The summed E-state index contributed by atoms with van der Waals surface area (Å²) in [5, 5.41) is 1.20. The fraction of sp³-hybridized carbons (Fsp3) is 0.125. The van der Waals surface area contributed by atoms with Crippen molar-refractivity contribution in [1.82, 2.24) is 4.57 Å². The molecular formula is C24H22N2O. The summed E-state index contributed by atoms with van der Waals surface area (Å²) >= 11 is 0. The van der Waals surface area contributed by atoms with Crippen molar-refractivity contribution in [3.63, 3.8) is 0 Å². The van der Waals surface area contributed by atoms with Gasteiger partial charge in [-0.25, -0.2) is 0 Å². The van der Waals surface area contributed by atoms with Gasteiger partial charge in [0.2, 0.25) is 5.91 Å². The molecule has 3 aromatic carbocycles. The van der Waals surface area contributed by atoms with Gasteiger partial charge in [0.1, 0.15) is 0 Å². The number of carbonyl (C=O) groups is 1. The minimum atomic E-state index is -0.288. The van der Waals surface area contributed by atoms with E-state index in [1.807, 2.05) is 24.3 Å². The summed E-state index contributed by atoms with van der Waals surface area (Å²) in [5.74, 6) is -0.288. The molecule has 0 aliphatic carbocycles. The molecule has 1 aromatic heterocycles. The first-order valence-electron chi connectivity index (χ1n) is 9.17. The third-order valence-electron chi connectivity index (χ3n) is 4.91. The summed E-state index contributed by atoms with van der Waals surface area (Å²) < 4.78 is 2.23. The van der Waals surface area contributed by atoms with Gasteiger partial charge in [0.25, 0.3) is 0 Å². The summed E-state index contributed by atoms with van der Waals surface area (Å²) in [6, 6.07) is 27.3. The number of rotatable bonds is 5. The van der Waals surface area contributed by atoms with Crippen molar-refractivity contribution in [3.8, 4) is 22.4 Å². The molecule has 0 spiro atoms. The normalized spacial score (nSPS) is 11.0. The highest BCUT2D eigenvalue weighted by atomic mass is 16.1. The number of aryl methyl sites for hydroxylation is 2. The molecule has 0 bridgehead atoms. The van der Waals surface area contributed by atoms with Crippen LogP contribution < -0.4 is 5.73 Å². The number of fused-ring (bicyclic) bond motifs is 1. The molecule has 0 radical (unpaired) electrons. The van der Waals surface area contributed by atoms with Crippen molar-refractivity contribution < 1.29 is 4.79 Å². The van der Waals surface area contributed by atoms with Crippen LogP contribution in [-0.2, 0) is 11.3 Å². The lowest BCUT2D eigenvalue weighted by molar-refractivity contribution is -0.118. The van der Waals surface area contributed by atoms with Crippen LogP contribution in [0, 0.1) is 6.92 Å². The Hall–Kier alpha value is -3.33. The van der Waals surface area contributed by atoms with Crippen LogP contribution in [0.4, 0.5) is 0 Å². The second-order valence-corrected chi connectivity index (χ2v) is 6.84. The van der Waals surface area contributed by atoms with Crippen molar-refractivity contribution in [3.05, 3.63) is 84.4 Å². The van der Waals surface area contributed by atoms with Crippen molar-refractivity contribution in [2.75, 3.05) is 0 Å². The van der Waals surface area contributed by atoms with Gasteiger partial charge in [0.15, 0.2) is 0 Å². The average Bonchev–Trinajstić information content (AvgIpc) is 3.01. The summed E-state index contributed by atoms with van der Waals surface area (Å²) in [6.45, 7) is 2.67.